The van der Waals surface area contributed by atoms with Crippen LogP contribution in [0.2, 0.25) is 0 Å². The molecule has 1 fully saturated rings. The number of hydrogen-bond donors (Lipinski definition) is 1. The van der Waals surface area contributed by atoms with Crippen LogP contribution in [-0.2, 0) is 6.54 Å². The first kappa shape index (κ1) is 17.6. The molecule has 2 heterocycles. The maximum atomic E-state index is 12.2. The lowest BCUT2D eigenvalue weighted by Gasteiger charge is -2.30. The van der Waals surface area contributed by atoms with Crippen molar-refractivity contribution in [2.45, 2.75) is 52.0 Å². The summed E-state index contributed by atoms with van der Waals surface area (Å²) in [7, 11) is 0. The number of rotatable bonds is 4. The van der Waals surface area contributed by atoms with Gasteiger partial charge in [-0.1, -0.05) is 31.1 Å². The van der Waals surface area contributed by atoms with Crippen LogP contribution in [0.4, 0.5) is 0 Å². The van der Waals surface area contributed by atoms with Gasteiger partial charge in [-0.2, -0.15) is 4.98 Å². The van der Waals surface area contributed by atoms with Crippen molar-refractivity contribution in [1.82, 2.24) is 15.0 Å². The molecule has 0 unspecified atom stereocenters. The topological polar surface area (TPSA) is 79.5 Å². The van der Waals surface area contributed by atoms with E-state index in [2.05, 4.69) is 15.0 Å². The monoisotopic (exact) mass is 343 g/mol. The number of hydrogen-bond acceptors (Lipinski definition) is 6. The lowest BCUT2D eigenvalue weighted by Crippen LogP contribution is -2.34. The molecule has 1 atom stereocenters. The molecule has 1 aliphatic rings. The maximum Gasteiger partial charge on any atom is 0.231 e. The van der Waals surface area contributed by atoms with Gasteiger partial charge in [0, 0.05) is 18.7 Å². The Morgan fingerprint density at radius 3 is 2.88 bits per heavy atom. The van der Waals surface area contributed by atoms with Crippen LogP contribution in [0.3, 0.4) is 0 Å². The second-order valence-electron chi connectivity index (χ2n) is 7.12. The maximum absolute atomic E-state index is 12.2. The van der Waals surface area contributed by atoms with E-state index >= 15 is 0 Å². The van der Waals surface area contributed by atoms with Gasteiger partial charge in [-0.15, -0.1) is 0 Å². The van der Waals surface area contributed by atoms with Crippen LogP contribution in [0.5, 0.6) is 5.75 Å². The second kappa shape index (κ2) is 7.35. The van der Waals surface area contributed by atoms with Crippen LogP contribution in [0.25, 0.3) is 0 Å². The number of aromatic hydroxyl groups is 1. The fourth-order valence-corrected chi connectivity index (χ4v) is 3.31. The Hall–Kier alpha value is -2.21. The first-order chi connectivity index (χ1) is 11.9. The molecule has 3 rings (SSSR count). The summed E-state index contributed by atoms with van der Waals surface area (Å²) in [6.07, 6.45) is 2.03. The van der Waals surface area contributed by atoms with E-state index in [1.54, 1.807) is 0 Å². The number of piperidine rings is 1. The molecule has 0 aliphatic carbocycles. The van der Waals surface area contributed by atoms with Gasteiger partial charge in [0.25, 0.3) is 0 Å². The third-order valence-electron chi connectivity index (χ3n) is 4.77. The Morgan fingerprint density at radius 2 is 2.20 bits per heavy atom. The van der Waals surface area contributed by atoms with Gasteiger partial charge in [-0.3, -0.25) is 9.69 Å². The molecule has 6 heteroatoms. The predicted molar refractivity (Wildman–Crippen MR) is 94.8 cm³/mol. The van der Waals surface area contributed by atoms with Gasteiger partial charge >= 0.3 is 0 Å². The molecule has 134 valence electrons. The molecule has 1 aliphatic heterocycles. The van der Waals surface area contributed by atoms with E-state index in [1.165, 1.54) is 6.07 Å². The van der Waals surface area contributed by atoms with Gasteiger partial charge < -0.3 is 9.63 Å². The third kappa shape index (κ3) is 4.07. The van der Waals surface area contributed by atoms with Gasteiger partial charge in [0.15, 0.2) is 11.6 Å². The lowest BCUT2D eigenvalue weighted by atomic mass is 9.97. The van der Waals surface area contributed by atoms with Crippen molar-refractivity contribution in [1.29, 1.82) is 0 Å². The van der Waals surface area contributed by atoms with E-state index in [4.69, 9.17) is 4.52 Å². The molecular weight excluding hydrogens is 318 g/mol. The van der Waals surface area contributed by atoms with E-state index in [0.717, 1.165) is 31.5 Å². The molecule has 0 bridgehead atoms. The van der Waals surface area contributed by atoms with Gasteiger partial charge in [-0.25, -0.2) is 0 Å². The Morgan fingerprint density at radius 1 is 1.40 bits per heavy atom. The van der Waals surface area contributed by atoms with Gasteiger partial charge in [0.2, 0.25) is 11.3 Å². The summed E-state index contributed by atoms with van der Waals surface area (Å²) in [6, 6.07) is 5.33. The predicted octanol–water partition coefficient (Wildman–Crippen LogP) is 2.95. The zero-order valence-corrected chi connectivity index (χ0v) is 15.0. The average Bonchev–Trinajstić information content (AvgIpc) is 2.97. The minimum atomic E-state index is -0.315. The standard InChI is InChI=1S/C19H25N3O3/c1-12(2)14-6-7-15(18(24)17(23)9-14)10-22-8-4-5-16(11-22)19-20-13(3)21-25-19/h6-7,9,12,16H,4-5,8,10-11H2,1-3H3,(H,23,24)/t16-/m1/s1. The summed E-state index contributed by atoms with van der Waals surface area (Å²) < 4.78 is 5.32. The highest BCUT2D eigenvalue weighted by Gasteiger charge is 2.26. The third-order valence-corrected chi connectivity index (χ3v) is 4.77. The van der Waals surface area contributed by atoms with Crippen LogP contribution in [0.15, 0.2) is 27.5 Å². The summed E-state index contributed by atoms with van der Waals surface area (Å²) in [5, 5.41) is 14.2. The van der Waals surface area contributed by atoms with E-state index in [9.17, 15) is 9.90 Å². The highest BCUT2D eigenvalue weighted by Crippen LogP contribution is 2.27. The molecule has 0 radical (unpaired) electrons. The molecule has 2 aromatic rings. The Bertz CT molecular complexity index is 801. The van der Waals surface area contributed by atoms with Crippen LogP contribution in [0, 0.1) is 6.92 Å². The zero-order chi connectivity index (χ0) is 18.0. The fourth-order valence-electron chi connectivity index (χ4n) is 3.31. The molecule has 1 aromatic heterocycles. The quantitative estimate of drug-likeness (QED) is 0.919. The van der Waals surface area contributed by atoms with E-state index in [0.29, 0.717) is 23.8 Å². The largest absolute Gasteiger partial charge is 0.504 e. The molecule has 25 heavy (non-hydrogen) atoms. The lowest BCUT2D eigenvalue weighted by molar-refractivity contribution is 0.179. The first-order valence-corrected chi connectivity index (χ1v) is 8.82. The van der Waals surface area contributed by atoms with Crippen LogP contribution < -0.4 is 5.43 Å². The summed E-state index contributed by atoms with van der Waals surface area (Å²) in [5.41, 5.74) is 1.29. The van der Waals surface area contributed by atoms with Crippen molar-refractivity contribution in [3.63, 3.8) is 0 Å². The molecule has 1 saturated heterocycles. The normalized spacial score (nSPS) is 18.6. The Kier molecular flexibility index (Phi) is 5.18. The van der Waals surface area contributed by atoms with Gasteiger partial charge in [0.05, 0.1) is 5.92 Å². The number of aromatic nitrogens is 2. The summed E-state index contributed by atoms with van der Waals surface area (Å²) >= 11 is 0. The first-order valence-electron chi connectivity index (χ1n) is 8.82. The van der Waals surface area contributed by atoms with Crippen molar-refractivity contribution in [3.05, 3.63) is 51.3 Å². The van der Waals surface area contributed by atoms with E-state index in [1.807, 2.05) is 32.9 Å². The molecule has 1 aromatic carbocycles. The van der Waals surface area contributed by atoms with Crippen molar-refractivity contribution in [3.8, 4) is 5.75 Å². The molecule has 6 nitrogen and oxygen atoms in total. The van der Waals surface area contributed by atoms with Gasteiger partial charge in [-0.05, 0) is 43.9 Å². The molecule has 0 spiro atoms. The average molecular weight is 343 g/mol. The van der Waals surface area contributed by atoms with E-state index in [-0.39, 0.29) is 23.0 Å². The molecule has 1 N–H and O–H groups in total. The Balaban J connectivity index is 1.79. The fraction of sp³-hybridized carbons (Fsp3) is 0.526. The summed E-state index contributed by atoms with van der Waals surface area (Å²) in [5.74, 6) is 1.62. The number of nitrogens with zero attached hydrogens (tertiary/aromatic N) is 3. The highest BCUT2D eigenvalue weighted by atomic mass is 16.5. The summed E-state index contributed by atoms with van der Waals surface area (Å²) in [6.45, 7) is 8.13. The minimum absolute atomic E-state index is 0.150. The van der Waals surface area contributed by atoms with Crippen LogP contribution >= 0.6 is 0 Å². The van der Waals surface area contributed by atoms with Crippen molar-refractivity contribution < 1.29 is 9.63 Å². The summed E-state index contributed by atoms with van der Waals surface area (Å²) in [4.78, 5) is 18.8. The smallest absolute Gasteiger partial charge is 0.231 e. The SMILES string of the molecule is Cc1noc([C@@H]2CCCN(Cc3ccc(C(C)C)cc(=O)c3O)C2)n1. The second-order valence-corrected chi connectivity index (χ2v) is 7.12. The zero-order valence-electron chi connectivity index (χ0n) is 15.0. The van der Waals surface area contributed by atoms with Crippen LogP contribution in [-0.4, -0.2) is 33.2 Å². The molecular formula is C19H25N3O3. The van der Waals surface area contributed by atoms with E-state index < -0.39 is 0 Å². The number of aryl methyl sites for hydroxylation is 1. The number of likely N-dealkylation sites (tertiary alicyclic amines) is 1. The van der Waals surface area contributed by atoms with Crippen molar-refractivity contribution in [2.75, 3.05) is 13.1 Å². The van der Waals surface area contributed by atoms with Crippen molar-refractivity contribution in [2.24, 2.45) is 0 Å². The highest BCUT2D eigenvalue weighted by molar-refractivity contribution is 5.34. The van der Waals surface area contributed by atoms with Crippen molar-refractivity contribution >= 4 is 0 Å². The minimum Gasteiger partial charge on any atom is -0.504 e. The van der Waals surface area contributed by atoms with Gasteiger partial charge in [0.1, 0.15) is 0 Å². The molecule has 0 saturated carbocycles. The van der Waals surface area contributed by atoms with Crippen LogP contribution in [0.1, 0.15) is 61.4 Å². The molecule has 0 amide bonds. The Labute approximate surface area is 147 Å².